The predicted octanol–water partition coefficient (Wildman–Crippen LogP) is 2.58. The second kappa shape index (κ2) is 3.12. The lowest BCUT2D eigenvalue weighted by atomic mass is 10.0. The second-order valence-electron chi connectivity index (χ2n) is 3.80. The van der Waals surface area contributed by atoms with Crippen molar-refractivity contribution in [1.82, 2.24) is 0 Å². The molecule has 0 spiro atoms. The van der Waals surface area contributed by atoms with Gasteiger partial charge in [0.2, 0.25) is 5.82 Å². The highest BCUT2D eigenvalue weighted by molar-refractivity contribution is 5.39. The summed E-state index contributed by atoms with van der Waals surface area (Å²) in [4.78, 5) is 0. The van der Waals surface area contributed by atoms with Crippen LogP contribution in [0.15, 0.2) is 0 Å². The lowest BCUT2D eigenvalue weighted by Crippen LogP contribution is -2.31. The molecule has 1 fully saturated rings. The molecule has 0 amide bonds. The zero-order chi connectivity index (χ0) is 13.2. The highest BCUT2D eigenvalue weighted by Gasteiger charge is 2.72. The van der Waals surface area contributed by atoms with Gasteiger partial charge in [-0.05, 0) is 0 Å². The van der Waals surface area contributed by atoms with Crippen LogP contribution in [0, 0.1) is 29.1 Å². The largest absolute Gasteiger partial charge is 0.316 e. The molecule has 0 aliphatic heterocycles. The third-order valence-corrected chi connectivity index (χ3v) is 2.68. The molecule has 1 aliphatic carbocycles. The SMILES string of the molecule is NC1(c2c(F)c(F)c(F)c(F)c2F)CC1(F)F. The van der Waals surface area contributed by atoms with E-state index in [9.17, 15) is 30.7 Å². The number of hydrogen-bond donors (Lipinski definition) is 1. The van der Waals surface area contributed by atoms with Gasteiger partial charge >= 0.3 is 0 Å². The minimum absolute atomic E-state index is 1.17. The summed E-state index contributed by atoms with van der Waals surface area (Å²) in [5, 5.41) is 0. The third kappa shape index (κ3) is 1.36. The van der Waals surface area contributed by atoms with Crippen molar-refractivity contribution in [3.8, 4) is 0 Å². The van der Waals surface area contributed by atoms with Crippen molar-refractivity contribution in [1.29, 1.82) is 0 Å². The molecule has 8 heteroatoms. The van der Waals surface area contributed by atoms with Crippen LogP contribution in [0.5, 0.6) is 0 Å². The maximum absolute atomic E-state index is 13.1. The summed E-state index contributed by atoms with van der Waals surface area (Å²) in [6.45, 7) is 0. The fourth-order valence-electron chi connectivity index (χ4n) is 1.57. The van der Waals surface area contributed by atoms with Crippen molar-refractivity contribution in [2.24, 2.45) is 5.73 Å². The monoisotopic (exact) mass is 259 g/mol. The van der Waals surface area contributed by atoms with Crippen molar-refractivity contribution in [2.75, 3.05) is 0 Å². The van der Waals surface area contributed by atoms with E-state index in [4.69, 9.17) is 5.73 Å². The van der Waals surface area contributed by atoms with Crippen molar-refractivity contribution in [2.45, 2.75) is 17.9 Å². The van der Waals surface area contributed by atoms with Gasteiger partial charge in [-0.25, -0.2) is 30.7 Å². The van der Waals surface area contributed by atoms with Crippen LogP contribution >= 0.6 is 0 Å². The minimum Gasteiger partial charge on any atom is -0.316 e. The van der Waals surface area contributed by atoms with E-state index < -0.39 is 52.5 Å². The minimum atomic E-state index is -3.69. The molecule has 1 nitrogen and oxygen atoms in total. The standard InChI is InChI=1S/C9H4F7N/c10-3-2(8(17)1-9(8,15)16)4(11)6(13)7(14)5(3)12/h1,17H2. The van der Waals surface area contributed by atoms with E-state index in [1.54, 1.807) is 0 Å². The topological polar surface area (TPSA) is 26.0 Å². The van der Waals surface area contributed by atoms with Gasteiger partial charge in [-0.3, -0.25) is 0 Å². The summed E-state index contributed by atoms with van der Waals surface area (Å²) in [5.74, 6) is -15.3. The van der Waals surface area contributed by atoms with Crippen molar-refractivity contribution < 1.29 is 30.7 Å². The molecule has 1 atom stereocenters. The van der Waals surface area contributed by atoms with Crippen LogP contribution in [0.3, 0.4) is 0 Å². The van der Waals surface area contributed by atoms with E-state index in [1.807, 2.05) is 0 Å². The molecule has 1 aromatic rings. The molecule has 2 N–H and O–H groups in total. The zero-order valence-electron chi connectivity index (χ0n) is 7.93. The molecular formula is C9H4F7N. The van der Waals surface area contributed by atoms with Gasteiger partial charge in [-0.2, -0.15) is 0 Å². The Balaban J connectivity index is 2.73. The molecule has 2 rings (SSSR count). The van der Waals surface area contributed by atoms with Crippen molar-refractivity contribution in [3.05, 3.63) is 34.6 Å². The summed E-state index contributed by atoms with van der Waals surface area (Å²) in [5.41, 5.74) is 0.445. The Morgan fingerprint density at radius 3 is 1.35 bits per heavy atom. The maximum atomic E-state index is 13.1. The predicted molar refractivity (Wildman–Crippen MR) is 41.7 cm³/mol. The molecule has 1 saturated carbocycles. The first-order valence-corrected chi connectivity index (χ1v) is 4.32. The highest BCUT2D eigenvalue weighted by Crippen LogP contribution is 2.58. The first kappa shape index (κ1) is 12.2. The molecule has 0 aromatic heterocycles. The van der Waals surface area contributed by atoms with E-state index >= 15 is 0 Å². The maximum Gasteiger partial charge on any atom is 0.272 e. The summed E-state index contributed by atoms with van der Waals surface area (Å²) in [6, 6.07) is 0. The number of nitrogens with two attached hydrogens (primary N) is 1. The molecule has 94 valence electrons. The summed E-state index contributed by atoms with van der Waals surface area (Å²) in [6.07, 6.45) is -1.17. The average Bonchev–Trinajstić information content (AvgIpc) is 2.73. The zero-order valence-corrected chi connectivity index (χ0v) is 7.93. The highest BCUT2D eigenvalue weighted by atomic mass is 19.3. The summed E-state index contributed by atoms with van der Waals surface area (Å²) < 4.78 is 90.0. The van der Waals surface area contributed by atoms with E-state index in [0.29, 0.717) is 0 Å². The van der Waals surface area contributed by atoms with Crippen LogP contribution in [0.1, 0.15) is 12.0 Å². The normalized spacial score (nSPS) is 26.1. The van der Waals surface area contributed by atoms with Gasteiger partial charge < -0.3 is 5.73 Å². The van der Waals surface area contributed by atoms with Gasteiger partial charge in [0.05, 0.1) is 5.56 Å². The fraction of sp³-hybridized carbons (Fsp3) is 0.333. The van der Waals surface area contributed by atoms with Crippen molar-refractivity contribution in [3.63, 3.8) is 0 Å². The summed E-state index contributed by atoms with van der Waals surface area (Å²) >= 11 is 0. The van der Waals surface area contributed by atoms with E-state index in [0.717, 1.165) is 0 Å². The Morgan fingerprint density at radius 1 is 0.765 bits per heavy atom. The summed E-state index contributed by atoms with van der Waals surface area (Å²) in [7, 11) is 0. The Labute approximate surface area is 90.0 Å². The quantitative estimate of drug-likeness (QED) is 0.468. The molecule has 1 aliphatic rings. The van der Waals surface area contributed by atoms with Crippen LogP contribution in [-0.4, -0.2) is 5.92 Å². The lowest BCUT2D eigenvalue weighted by Gasteiger charge is -2.14. The Bertz CT molecular complexity index is 484. The molecule has 1 aromatic carbocycles. The molecule has 17 heavy (non-hydrogen) atoms. The van der Waals surface area contributed by atoms with E-state index in [2.05, 4.69) is 0 Å². The van der Waals surface area contributed by atoms with E-state index in [-0.39, 0.29) is 0 Å². The Morgan fingerprint density at radius 2 is 1.06 bits per heavy atom. The lowest BCUT2D eigenvalue weighted by molar-refractivity contribution is 0.0864. The van der Waals surface area contributed by atoms with Crippen LogP contribution in [0.2, 0.25) is 0 Å². The van der Waals surface area contributed by atoms with Crippen LogP contribution in [0.25, 0.3) is 0 Å². The van der Waals surface area contributed by atoms with Gasteiger partial charge in [0.15, 0.2) is 23.3 Å². The number of halogens is 7. The number of hydrogen-bond acceptors (Lipinski definition) is 1. The van der Waals surface area contributed by atoms with Gasteiger partial charge in [0, 0.05) is 6.42 Å². The molecule has 1 unspecified atom stereocenters. The first-order chi connectivity index (χ1) is 7.63. The number of alkyl halides is 2. The fourth-order valence-corrected chi connectivity index (χ4v) is 1.57. The Hall–Kier alpha value is -1.31. The molecule has 0 bridgehead atoms. The van der Waals surface area contributed by atoms with Gasteiger partial charge in [0.25, 0.3) is 5.92 Å². The average molecular weight is 259 g/mol. The van der Waals surface area contributed by atoms with Gasteiger partial charge in [-0.15, -0.1) is 0 Å². The van der Waals surface area contributed by atoms with Crippen molar-refractivity contribution >= 4 is 0 Å². The smallest absolute Gasteiger partial charge is 0.272 e. The van der Waals surface area contributed by atoms with E-state index in [1.165, 1.54) is 0 Å². The molecule has 0 saturated heterocycles. The Kier molecular flexibility index (Phi) is 2.23. The number of benzene rings is 1. The third-order valence-electron chi connectivity index (χ3n) is 2.68. The second-order valence-corrected chi connectivity index (χ2v) is 3.80. The van der Waals surface area contributed by atoms with Crippen LogP contribution < -0.4 is 5.73 Å². The van der Waals surface area contributed by atoms with Gasteiger partial charge in [0.1, 0.15) is 5.54 Å². The van der Waals surface area contributed by atoms with Gasteiger partial charge in [-0.1, -0.05) is 0 Å². The van der Waals surface area contributed by atoms with Crippen LogP contribution in [-0.2, 0) is 5.54 Å². The van der Waals surface area contributed by atoms with Crippen LogP contribution in [0.4, 0.5) is 30.7 Å². The molecule has 0 radical (unpaired) electrons. The molecule has 0 heterocycles. The first-order valence-electron chi connectivity index (χ1n) is 4.32. The number of rotatable bonds is 1. The molecular weight excluding hydrogens is 255 g/mol.